The van der Waals surface area contributed by atoms with E-state index in [0.717, 1.165) is 5.69 Å². The number of aromatic nitrogens is 5. The van der Waals surface area contributed by atoms with E-state index >= 15 is 0 Å². The van der Waals surface area contributed by atoms with Gasteiger partial charge in [-0.2, -0.15) is 15.4 Å². The van der Waals surface area contributed by atoms with Crippen molar-refractivity contribution < 1.29 is 0 Å². The summed E-state index contributed by atoms with van der Waals surface area (Å²) in [6.45, 7) is 6.31. The number of nitrogens with zero attached hydrogens (tertiary/aromatic N) is 4. The quantitative estimate of drug-likeness (QED) is 0.709. The molecule has 0 amide bonds. The highest BCUT2D eigenvalue weighted by molar-refractivity contribution is 5.04. The molecule has 0 radical (unpaired) electrons. The number of hydrogen-bond acceptors (Lipinski definition) is 4. The maximum atomic E-state index is 3.95. The van der Waals surface area contributed by atoms with Gasteiger partial charge in [-0.1, -0.05) is 20.8 Å². The van der Waals surface area contributed by atoms with Gasteiger partial charge in [0.2, 0.25) is 0 Å². The number of nitrogens with one attached hydrogen (secondary N) is 1. The smallest absolute Gasteiger partial charge is 0.115 e. The molecule has 0 bridgehead atoms. The third kappa shape index (κ3) is 4.30. The van der Waals surface area contributed by atoms with Crippen LogP contribution in [0, 0.1) is 0 Å². The summed E-state index contributed by atoms with van der Waals surface area (Å²) >= 11 is 0. The predicted octanol–water partition coefficient (Wildman–Crippen LogP) is 1.58. The Morgan fingerprint density at radius 3 is 2.00 bits per heavy atom. The number of hydrogen-bond donors (Lipinski definition) is 1. The molecule has 0 unspecified atom stereocenters. The van der Waals surface area contributed by atoms with Gasteiger partial charge >= 0.3 is 0 Å². The van der Waals surface area contributed by atoms with Crippen LogP contribution in [0.4, 0.5) is 0 Å². The summed E-state index contributed by atoms with van der Waals surface area (Å²) in [7, 11) is 0. The van der Waals surface area contributed by atoms with Gasteiger partial charge < -0.3 is 0 Å². The number of aromatic amines is 1. The van der Waals surface area contributed by atoms with Crippen molar-refractivity contribution in [2.24, 2.45) is 0 Å². The Morgan fingerprint density at radius 1 is 1.13 bits per heavy atom. The number of H-pyrrole nitrogens is 1. The maximum Gasteiger partial charge on any atom is 0.115 e. The van der Waals surface area contributed by atoms with Crippen molar-refractivity contribution in [2.45, 2.75) is 26.2 Å². The fourth-order valence-electron chi connectivity index (χ4n) is 0.816. The second-order valence-corrected chi connectivity index (χ2v) is 4.01. The summed E-state index contributed by atoms with van der Waals surface area (Å²) in [5, 5.41) is 10.2. The third-order valence-electron chi connectivity index (χ3n) is 1.66. The lowest BCUT2D eigenvalue weighted by Gasteiger charge is -2.12. The van der Waals surface area contributed by atoms with Crippen LogP contribution in [0.1, 0.15) is 26.5 Å². The zero-order valence-electron chi connectivity index (χ0n) is 9.18. The Balaban J connectivity index is 0.000000162. The van der Waals surface area contributed by atoms with E-state index in [1.807, 2.05) is 0 Å². The lowest BCUT2D eigenvalue weighted by atomic mass is 9.93. The van der Waals surface area contributed by atoms with Crippen molar-refractivity contribution in [3.8, 4) is 0 Å². The fourth-order valence-corrected chi connectivity index (χ4v) is 0.816. The maximum absolute atomic E-state index is 3.95. The van der Waals surface area contributed by atoms with Crippen LogP contribution < -0.4 is 0 Å². The normalized spacial score (nSPS) is 10.3. The van der Waals surface area contributed by atoms with E-state index in [1.54, 1.807) is 24.7 Å². The Morgan fingerprint density at radius 2 is 1.80 bits per heavy atom. The van der Waals surface area contributed by atoms with E-state index in [-0.39, 0.29) is 5.41 Å². The van der Waals surface area contributed by atoms with Crippen LogP contribution >= 0.6 is 0 Å². The topological polar surface area (TPSA) is 67.3 Å². The minimum absolute atomic E-state index is 0.118. The molecule has 0 aromatic carbocycles. The molecule has 5 nitrogen and oxygen atoms in total. The lowest BCUT2D eigenvalue weighted by molar-refractivity contribution is 0.567. The zero-order valence-corrected chi connectivity index (χ0v) is 9.18. The average Bonchev–Trinajstić information content (AvgIpc) is 2.73. The molecule has 2 aromatic rings. The Hall–Kier alpha value is -1.78. The predicted molar refractivity (Wildman–Crippen MR) is 57.1 cm³/mol. The van der Waals surface area contributed by atoms with Crippen molar-refractivity contribution in [3.05, 3.63) is 36.7 Å². The van der Waals surface area contributed by atoms with Crippen molar-refractivity contribution >= 4 is 0 Å². The minimum Gasteiger partial charge on any atom is -0.245 e. The van der Waals surface area contributed by atoms with E-state index in [1.165, 1.54) is 6.33 Å². The molecule has 0 spiro atoms. The summed E-state index contributed by atoms with van der Waals surface area (Å²) in [6, 6.07) is 1.78. The second kappa shape index (κ2) is 5.19. The molecule has 2 rings (SSSR count). The Kier molecular flexibility index (Phi) is 3.91. The van der Waals surface area contributed by atoms with E-state index in [0.29, 0.717) is 0 Å². The van der Waals surface area contributed by atoms with Gasteiger partial charge in [0.25, 0.3) is 0 Å². The van der Waals surface area contributed by atoms with Crippen LogP contribution in [0.2, 0.25) is 0 Å². The van der Waals surface area contributed by atoms with Crippen LogP contribution in [0.5, 0.6) is 0 Å². The van der Waals surface area contributed by atoms with Crippen LogP contribution in [0.3, 0.4) is 0 Å². The largest absolute Gasteiger partial charge is 0.245 e. The molecule has 0 fully saturated rings. The van der Waals surface area contributed by atoms with Crippen molar-refractivity contribution in [1.29, 1.82) is 0 Å². The van der Waals surface area contributed by atoms with Crippen molar-refractivity contribution in [2.75, 3.05) is 0 Å². The van der Waals surface area contributed by atoms with Gasteiger partial charge in [0, 0.05) is 17.8 Å². The molecule has 5 heteroatoms. The van der Waals surface area contributed by atoms with Gasteiger partial charge in [0.1, 0.15) is 6.33 Å². The van der Waals surface area contributed by atoms with Gasteiger partial charge in [-0.05, 0) is 6.07 Å². The van der Waals surface area contributed by atoms with Crippen LogP contribution in [-0.2, 0) is 5.41 Å². The van der Waals surface area contributed by atoms with Crippen LogP contribution in [0.15, 0.2) is 31.0 Å². The Bertz CT molecular complexity index is 322. The van der Waals surface area contributed by atoms with Crippen LogP contribution in [-0.4, -0.2) is 25.4 Å². The van der Waals surface area contributed by atoms with Crippen molar-refractivity contribution in [3.63, 3.8) is 0 Å². The summed E-state index contributed by atoms with van der Waals surface area (Å²) < 4.78 is 0. The van der Waals surface area contributed by atoms with E-state index < -0.39 is 0 Å². The van der Waals surface area contributed by atoms with E-state index in [9.17, 15) is 0 Å². The molecular weight excluding hydrogens is 190 g/mol. The van der Waals surface area contributed by atoms with Gasteiger partial charge in [-0.3, -0.25) is 0 Å². The lowest BCUT2D eigenvalue weighted by Crippen LogP contribution is -2.11. The monoisotopic (exact) mass is 205 g/mol. The molecule has 0 saturated carbocycles. The first-order chi connectivity index (χ1) is 7.11. The molecule has 0 saturated heterocycles. The first-order valence-corrected chi connectivity index (χ1v) is 4.67. The van der Waals surface area contributed by atoms with Gasteiger partial charge in [-0.25, -0.2) is 9.97 Å². The molecule has 15 heavy (non-hydrogen) atoms. The Labute approximate surface area is 89.0 Å². The zero-order chi connectivity index (χ0) is 11.1. The summed E-state index contributed by atoms with van der Waals surface area (Å²) in [5.74, 6) is 0. The molecule has 2 heterocycles. The van der Waals surface area contributed by atoms with Gasteiger partial charge in [0.15, 0.2) is 0 Å². The molecule has 0 aliphatic carbocycles. The summed E-state index contributed by atoms with van der Waals surface area (Å²) in [4.78, 5) is 7.35. The first-order valence-electron chi connectivity index (χ1n) is 4.67. The standard InChI is InChI=1S/C6H11N3.C4H4N2/c1-6(2,3)5-4-7-9-8-5;1-2-5-4-6-3-1/h4H,1-3H3,(H,7,8,9);1-4H. The van der Waals surface area contributed by atoms with Gasteiger partial charge in [0.05, 0.1) is 11.9 Å². The second-order valence-electron chi connectivity index (χ2n) is 4.01. The molecular formula is C10H15N5. The fraction of sp³-hybridized carbons (Fsp3) is 0.400. The van der Waals surface area contributed by atoms with Crippen molar-refractivity contribution in [1.82, 2.24) is 25.4 Å². The molecule has 2 aromatic heterocycles. The molecule has 80 valence electrons. The SMILES string of the molecule is CC(C)(C)c1cn[nH]n1.c1cncnc1. The summed E-state index contributed by atoms with van der Waals surface area (Å²) in [6.07, 6.45) is 6.62. The molecule has 1 N–H and O–H groups in total. The van der Waals surface area contributed by atoms with Gasteiger partial charge in [-0.15, -0.1) is 0 Å². The van der Waals surface area contributed by atoms with Crippen LogP contribution in [0.25, 0.3) is 0 Å². The highest BCUT2D eigenvalue weighted by Gasteiger charge is 2.15. The molecule has 0 atom stereocenters. The highest BCUT2D eigenvalue weighted by atomic mass is 15.3. The molecule has 0 aliphatic heterocycles. The molecule has 0 aliphatic rings. The average molecular weight is 205 g/mol. The first kappa shape index (κ1) is 11.3. The highest BCUT2D eigenvalue weighted by Crippen LogP contribution is 2.17. The minimum atomic E-state index is 0.118. The number of rotatable bonds is 0. The van der Waals surface area contributed by atoms with E-state index in [4.69, 9.17) is 0 Å². The van der Waals surface area contributed by atoms with E-state index in [2.05, 4.69) is 46.1 Å². The summed E-state index contributed by atoms with van der Waals surface area (Å²) in [5.41, 5.74) is 1.12. The third-order valence-corrected chi connectivity index (χ3v) is 1.66.